The average molecular weight is 103 g/mol. The summed E-state index contributed by atoms with van der Waals surface area (Å²) in [7, 11) is 0. The van der Waals surface area contributed by atoms with E-state index in [0.29, 0.717) is 5.82 Å². The minimum Gasteiger partial charge on any atom is -0.167 e. The summed E-state index contributed by atoms with van der Waals surface area (Å²) >= 11 is 0. The molecule has 1 aliphatic rings. The Labute approximate surface area is 41.7 Å². The van der Waals surface area contributed by atoms with Crippen LogP contribution in [0.2, 0.25) is 0 Å². The maximum atomic E-state index is 3.46. The third-order valence-electron chi connectivity index (χ3n) is 0.358. The highest BCUT2D eigenvalue weighted by Gasteiger charge is 1.84. The fourth-order valence-corrected chi connectivity index (χ4v) is 0.121. The van der Waals surface area contributed by atoms with E-state index in [9.17, 15) is 0 Å². The zero-order chi connectivity index (χ0) is 3.70. The molecule has 1 aliphatic heterocycles. The topological polar surface area (TPSA) is 24.7 Å². The number of halogens is 1. The molecule has 0 saturated carbocycles. The lowest BCUT2D eigenvalue weighted by Gasteiger charge is -1.84. The molecule has 0 saturated heterocycles. The van der Waals surface area contributed by atoms with Crippen molar-refractivity contribution in [3.63, 3.8) is 0 Å². The van der Waals surface area contributed by atoms with Gasteiger partial charge < -0.3 is 0 Å². The molecule has 0 atom stereocenters. The molecule has 0 aliphatic carbocycles. The third kappa shape index (κ3) is 0.677. The van der Waals surface area contributed by atoms with Gasteiger partial charge in [0, 0.05) is 0 Å². The monoisotopic (exact) mass is 102 g/mol. The Hall–Kier alpha value is -0.590. The standard InChI is InChI=1S/C3H2N2.ClH/c1-3-4-2-5-3;/h1H2;1H. The SMILES string of the molecule is C=C1N=C=N1.Cl. The van der Waals surface area contributed by atoms with E-state index in [2.05, 4.69) is 22.6 Å². The molecule has 1 heterocycles. The van der Waals surface area contributed by atoms with Crippen LogP contribution in [0.15, 0.2) is 22.4 Å². The second-order valence-electron chi connectivity index (χ2n) is 0.740. The summed E-state index contributed by atoms with van der Waals surface area (Å²) in [5.74, 6) is 0.574. The van der Waals surface area contributed by atoms with Gasteiger partial charge in [-0.15, -0.1) is 12.4 Å². The molecule has 0 amide bonds. The first-order chi connectivity index (χ1) is 2.39. The van der Waals surface area contributed by atoms with Gasteiger partial charge in [0.2, 0.25) is 0 Å². The van der Waals surface area contributed by atoms with Crippen LogP contribution in [0.5, 0.6) is 0 Å². The van der Waals surface area contributed by atoms with Crippen molar-refractivity contribution in [2.24, 2.45) is 9.98 Å². The molecule has 0 unspecified atom stereocenters. The van der Waals surface area contributed by atoms with Crippen molar-refractivity contribution in [2.45, 2.75) is 0 Å². The van der Waals surface area contributed by atoms with Crippen LogP contribution in [-0.4, -0.2) is 6.01 Å². The van der Waals surface area contributed by atoms with Crippen LogP contribution in [0.3, 0.4) is 0 Å². The van der Waals surface area contributed by atoms with Crippen LogP contribution in [-0.2, 0) is 0 Å². The molecule has 0 fully saturated rings. The normalized spacial score (nSPS) is 13.0. The molecule has 0 radical (unpaired) electrons. The van der Waals surface area contributed by atoms with Crippen molar-refractivity contribution in [3.8, 4) is 0 Å². The molecule has 2 nitrogen and oxygen atoms in total. The molecule has 0 aromatic rings. The first-order valence-electron chi connectivity index (χ1n) is 1.25. The van der Waals surface area contributed by atoms with E-state index in [1.54, 1.807) is 0 Å². The highest BCUT2D eigenvalue weighted by atomic mass is 35.5. The highest BCUT2D eigenvalue weighted by Crippen LogP contribution is 1.95. The van der Waals surface area contributed by atoms with E-state index in [4.69, 9.17) is 0 Å². The van der Waals surface area contributed by atoms with E-state index in [-0.39, 0.29) is 12.4 Å². The smallest absolute Gasteiger partial charge is 0.167 e. The molecule has 6 heavy (non-hydrogen) atoms. The Morgan fingerprint density at radius 2 is 1.83 bits per heavy atom. The van der Waals surface area contributed by atoms with Gasteiger partial charge in [-0.25, -0.2) is 0 Å². The van der Waals surface area contributed by atoms with Crippen molar-refractivity contribution < 1.29 is 0 Å². The van der Waals surface area contributed by atoms with Crippen LogP contribution in [0, 0.1) is 0 Å². The maximum absolute atomic E-state index is 3.46. The Kier molecular flexibility index (Phi) is 1.58. The van der Waals surface area contributed by atoms with Crippen LogP contribution >= 0.6 is 12.4 Å². The van der Waals surface area contributed by atoms with E-state index >= 15 is 0 Å². The van der Waals surface area contributed by atoms with Gasteiger partial charge in [-0.2, -0.15) is 9.98 Å². The van der Waals surface area contributed by atoms with Gasteiger partial charge in [0.1, 0.15) is 6.01 Å². The minimum absolute atomic E-state index is 0. The Morgan fingerprint density at radius 3 is 1.83 bits per heavy atom. The summed E-state index contributed by atoms with van der Waals surface area (Å²) in [6.45, 7) is 3.36. The fraction of sp³-hybridized carbons (Fsp3) is 0. The van der Waals surface area contributed by atoms with Gasteiger partial charge >= 0.3 is 0 Å². The molecular weight excluding hydrogens is 99.5 g/mol. The van der Waals surface area contributed by atoms with Gasteiger partial charge in [0.25, 0.3) is 0 Å². The van der Waals surface area contributed by atoms with Gasteiger partial charge in [0.05, 0.1) is 0 Å². The van der Waals surface area contributed by atoms with Gasteiger partial charge in [-0.3, -0.25) is 0 Å². The Morgan fingerprint density at radius 1 is 1.50 bits per heavy atom. The van der Waals surface area contributed by atoms with Crippen molar-refractivity contribution in [1.82, 2.24) is 0 Å². The number of aliphatic imine (C=N–C) groups is 2. The lowest BCUT2D eigenvalue weighted by molar-refractivity contribution is 1.21. The average Bonchev–Trinajstić information content (AvgIpc) is 1.30. The molecule has 1 rings (SSSR count). The van der Waals surface area contributed by atoms with Crippen molar-refractivity contribution in [2.75, 3.05) is 0 Å². The van der Waals surface area contributed by atoms with Gasteiger partial charge in [-0.1, -0.05) is 6.58 Å². The summed E-state index contributed by atoms with van der Waals surface area (Å²) in [6, 6.07) is 2.31. The lowest BCUT2D eigenvalue weighted by atomic mass is 10.8. The first kappa shape index (κ1) is 5.41. The second kappa shape index (κ2) is 1.75. The molecule has 32 valence electrons. The Balaban J connectivity index is 0.000000250. The van der Waals surface area contributed by atoms with E-state index in [1.165, 1.54) is 0 Å². The summed E-state index contributed by atoms with van der Waals surface area (Å²) in [5, 5.41) is 0. The number of hydrogen-bond donors (Lipinski definition) is 0. The van der Waals surface area contributed by atoms with E-state index in [0.717, 1.165) is 0 Å². The molecule has 0 bridgehead atoms. The first-order valence-corrected chi connectivity index (χ1v) is 1.25. The second-order valence-corrected chi connectivity index (χ2v) is 0.740. The van der Waals surface area contributed by atoms with Crippen molar-refractivity contribution >= 4 is 18.4 Å². The fourth-order valence-electron chi connectivity index (χ4n) is 0.121. The zero-order valence-electron chi connectivity index (χ0n) is 3.01. The Bertz CT molecular complexity index is 111. The summed E-state index contributed by atoms with van der Waals surface area (Å²) in [6.07, 6.45) is 0. The summed E-state index contributed by atoms with van der Waals surface area (Å²) in [5.41, 5.74) is 0. The van der Waals surface area contributed by atoms with Crippen LogP contribution in [0.25, 0.3) is 0 Å². The number of hydrogen-bond acceptors (Lipinski definition) is 2. The number of nitrogens with zero attached hydrogens (tertiary/aromatic N) is 2. The van der Waals surface area contributed by atoms with Crippen molar-refractivity contribution in [1.29, 1.82) is 0 Å². The molecule has 0 aromatic heterocycles. The lowest BCUT2D eigenvalue weighted by Crippen LogP contribution is -1.73. The zero-order valence-corrected chi connectivity index (χ0v) is 3.83. The molecule has 0 spiro atoms. The molecule has 3 heteroatoms. The predicted molar refractivity (Wildman–Crippen MR) is 26.3 cm³/mol. The molecular formula is C3H3ClN2. The number of rotatable bonds is 0. The predicted octanol–water partition coefficient (Wildman–Crippen LogP) is 1.07. The molecule has 0 aromatic carbocycles. The highest BCUT2D eigenvalue weighted by molar-refractivity contribution is 5.85. The third-order valence-corrected chi connectivity index (χ3v) is 0.358. The minimum atomic E-state index is 0. The van der Waals surface area contributed by atoms with Gasteiger partial charge in [0.15, 0.2) is 5.82 Å². The van der Waals surface area contributed by atoms with E-state index in [1.807, 2.05) is 0 Å². The van der Waals surface area contributed by atoms with Crippen LogP contribution in [0.1, 0.15) is 0 Å². The maximum Gasteiger partial charge on any atom is 0.167 e. The summed E-state index contributed by atoms with van der Waals surface area (Å²) in [4.78, 5) is 6.92. The summed E-state index contributed by atoms with van der Waals surface area (Å²) < 4.78 is 0. The van der Waals surface area contributed by atoms with Crippen LogP contribution in [0.4, 0.5) is 0 Å². The largest absolute Gasteiger partial charge is 0.167 e. The van der Waals surface area contributed by atoms with Crippen molar-refractivity contribution in [3.05, 3.63) is 12.4 Å². The van der Waals surface area contributed by atoms with Gasteiger partial charge in [-0.05, 0) is 0 Å². The quantitative estimate of drug-likeness (QED) is 0.437. The molecule has 0 N–H and O–H groups in total. The van der Waals surface area contributed by atoms with E-state index < -0.39 is 0 Å². The van der Waals surface area contributed by atoms with Crippen LogP contribution < -0.4 is 0 Å².